The van der Waals surface area contributed by atoms with E-state index in [1.807, 2.05) is 0 Å². The van der Waals surface area contributed by atoms with Gasteiger partial charge in [-0.05, 0) is 19.3 Å². The van der Waals surface area contributed by atoms with Gasteiger partial charge in [-0.2, -0.15) is 0 Å². The molecule has 2 nitrogen and oxygen atoms in total. The molecular weight excluding hydrogens is 128 g/mol. The van der Waals surface area contributed by atoms with Gasteiger partial charge in [0.05, 0.1) is 13.2 Å². The molecule has 1 aliphatic heterocycles. The van der Waals surface area contributed by atoms with Gasteiger partial charge in [0.25, 0.3) is 0 Å². The number of rotatable bonds is 2. The van der Waals surface area contributed by atoms with Crippen LogP contribution in [0.1, 0.15) is 19.8 Å². The zero-order valence-corrected chi connectivity index (χ0v) is 6.22. The van der Waals surface area contributed by atoms with Crippen LogP contribution in [0.3, 0.4) is 0 Å². The largest absolute Gasteiger partial charge is 0.380 e. The standard InChI is InChI=1S/C8H12O2/c1-6(9)2-7-3-8(7)4-10-5-8/h7H,2-5H2,1H3. The van der Waals surface area contributed by atoms with Crippen LogP contribution in [0.25, 0.3) is 0 Å². The van der Waals surface area contributed by atoms with Crippen LogP contribution in [0.2, 0.25) is 0 Å². The Labute approximate surface area is 60.6 Å². The van der Waals surface area contributed by atoms with Crippen molar-refractivity contribution in [1.82, 2.24) is 0 Å². The molecule has 0 bridgehead atoms. The molecule has 0 aromatic heterocycles. The van der Waals surface area contributed by atoms with E-state index in [1.165, 1.54) is 6.42 Å². The Morgan fingerprint density at radius 1 is 1.70 bits per heavy atom. The number of Topliss-reactive ketones (excluding diaryl/α,β-unsaturated/α-hetero) is 1. The van der Waals surface area contributed by atoms with Gasteiger partial charge < -0.3 is 9.53 Å². The van der Waals surface area contributed by atoms with Crippen molar-refractivity contribution in [3.63, 3.8) is 0 Å². The zero-order chi connectivity index (χ0) is 7.19. The highest BCUT2D eigenvalue weighted by Crippen LogP contribution is 2.59. The molecule has 0 radical (unpaired) electrons. The lowest BCUT2D eigenvalue weighted by molar-refractivity contribution is -0.118. The third kappa shape index (κ3) is 0.788. The first-order valence-corrected chi connectivity index (χ1v) is 3.80. The van der Waals surface area contributed by atoms with Gasteiger partial charge in [-0.3, -0.25) is 0 Å². The lowest BCUT2D eigenvalue weighted by Crippen LogP contribution is -2.31. The van der Waals surface area contributed by atoms with E-state index in [0.717, 1.165) is 19.6 Å². The third-order valence-electron chi connectivity index (χ3n) is 2.67. The summed E-state index contributed by atoms with van der Waals surface area (Å²) >= 11 is 0. The average molecular weight is 140 g/mol. The van der Waals surface area contributed by atoms with E-state index in [9.17, 15) is 4.79 Å². The topological polar surface area (TPSA) is 26.3 Å². The predicted molar refractivity (Wildman–Crippen MR) is 36.7 cm³/mol. The van der Waals surface area contributed by atoms with Crippen LogP contribution < -0.4 is 0 Å². The molecule has 0 amide bonds. The van der Waals surface area contributed by atoms with Crippen LogP contribution in [0.15, 0.2) is 0 Å². The Morgan fingerprint density at radius 3 is 2.70 bits per heavy atom. The Kier molecular flexibility index (Phi) is 1.15. The maximum absolute atomic E-state index is 10.7. The van der Waals surface area contributed by atoms with Gasteiger partial charge in [-0.15, -0.1) is 0 Å². The van der Waals surface area contributed by atoms with Crippen molar-refractivity contribution < 1.29 is 9.53 Å². The van der Waals surface area contributed by atoms with Crippen molar-refractivity contribution in [3.05, 3.63) is 0 Å². The fourth-order valence-corrected chi connectivity index (χ4v) is 1.79. The highest BCUT2D eigenvalue weighted by Gasteiger charge is 2.59. The molecule has 1 saturated carbocycles. The highest BCUT2D eigenvalue weighted by atomic mass is 16.5. The highest BCUT2D eigenvalue weighted by molar-refractivity contribution is 5.76. The van der Waals surface area contributed by atoms with E-state index in [1.54, 1.807) is 6.92 Å². The molecule has 1 aliphatic carbocycles. The first-order chi connectivity index (χ1) is 4.73. The van der Waals surface area contributed by atoms with Gasteiger partial charge >= 0.3 is 0 Å². The number of hydrogen-bond acceptors (Lipinski definition) is 2. The Bertz CT molecular complexity index is 170. The van der Waals surface area contributed by atoms with E-state index in [4.69, 9.17) is 4.74 Å². The summed E-state index contributed by atoms with van der Waals surface area (Å²) in [7, 11) is 0. The quantitative estimate of drug-likeness (QED) is 0.572. The van der Waals surface area contributed by atoms with Crippen molar-refractivity contribution in [2.75, 3.05) is 13.2 Å². The van der Waals surface area contributed by atoms with Crippen LogP contribution in [0, 0.1) is 11.3 Å². The number of ketones is 1. The molecule has 1 spiro atoms. The summed E-state index contributed by atoms with van der Waals surface area (Å²) in [6.07, 6.45) is 2.01. The van der Waals surface area contributed by atoms with Crippen molar-refractivity contribution in [2.45, 2.75) is 19.8 Å². The van der Waals surface area contributed by atoms with E-state index in [0.29, 0.717) is 17.1 Å². The summed E-state index contributed by atoms with van der Waals surface area (Å²) in [5.74, 6) is 0.993. The number of carbonyl (C=O) groups is 1. The molecule has 56 valence electrons. The molecule has 2 aliphatic rings. The van der Waals surface area contributed by atoms with Crippen LogP contribution in [0.4, 0.5) is 0 Å². The molecule has 1 unspecified atom stereocenters. The van der Waals surface area contributed by atoms with Crippen molar-refractivity contribution in [2.24, 2.45) is 11.3 Å². The van der Waals surface area contributed by atoms with Crippen LogP contribution >= 0.6 is 0 Å². The lowest BCUT2D eigenvalue weighted by atomic mass is 10.00. The third-order valence-corrected chi connectivity index (χ3v) is 2.67. The molecule has 0 N–H and O–H groups in total. The second-order valence-corrected chi connectivity index (χ2v) is 3.66. The maximum atomic E-state index is 10.7. The number of ether oxygens (including phenoxy) is 1. The Hall–Kier alpha value is -0.370. The summed E-state index contributed by atoms with van der Waals surface area (Å²) in [6, 6.07) is 0. The molecule has 1 heterocycles. The second-order valence-electron chi connectivity index (χ2n) is 3.66. The first kappa shape index (κ1) is 6.35. The Balaban J connectivity index is 1.84. The minimum Gasteiger partial charge on any atom is -0.380 e. The summed E-state index contributed by atoms with van der Waals surface area (Å²) in [5.41, 5.74) is 0.478. The maximum Gasteiger partial charge on any atom is 0.130 e. The monoisotopic (exact) mass is 140 g/mol. The smallest absolute Gasteiger partial charge is 0.130 e. The summed E-state index contributed by atoms with van der Waals surface area (Å²) in [4.78, 5) is 10.7. The first-order valence-electron chi connectivity index (χ1n) is 3.80. The van der Waals surface area contributed by atoms with Gasteiger partial charge in [0.1, 0.15) is 5.78 Å². The van der Waals surface area contributed by atoms with Gasteiger partial charge in [-0.1, -0.05) is 0 Å². The van der Waals surface area contributed by atoms with Crippen molar-refractivity contribution in [3.8, 4) is 0 Å². The van der Waals surface area contributed by atoms with Crippen molar-refractivity contribution in [1.29, 1.82) is 0 Å². The fourth-order valence-electron chi connectivity index (χ4n) is 1.79. The molecule has 2 fully saturated rings. The zero-order valence-electron chi connectivity index (χ0n) is 6.22. The number of carbonyl (C=O) groups excluding carboxylic acids is 1. The predicted octanol–water partition coefficient (Wildman–Crippen LogP) is 1.00. The second kappa shape index (κ2) is 1.82. The van der Waals surface area contributed by atoms with Crippen LogP contribution in [-0.2, 0) is 9.53 Å². The molecule has 0 aromatic carbocycles. The molecule has 0 aromatic rings. The van der Waals surface area contributed by atoms with Gasteiger partial charge in [0, 0.05) is 11.8 Å². The molecule has 2 rings (SSSR count). The summed E-state index contributed by atoms with van der Waals surface area (Å²) in [6.45, 7) is 3.49. The Morgan fingerprint density at radius 2 is 2.40 bits per heavy atom. The van der Waals surface area contributed by atoms with Crippen LogP contribution in [0.5, 0.6) is 0 Å². The molecule has 1 atom stereocenters. The SMILES string of the molecule is CC(=O)CC1CC12COC2. The number of hydrogen-bond donors (Lipinski definition) is 0. The van der Waals surface area contributed by atoms with E-state index >= 15 is 0 Å². The van der Waals surface area contributed by atoms with E-state index < -0.39 is 0 Å². The molecule has 1 saturated heterocycles. The molecular formula is C8H12O2. The lowest BCUT2D eigenvalue weighted by Gasteiger charge is -2.27. The average Bonchev–Trinajstić information content (AvgIpc) is 2.37. The molecule has 10 heavy (non-hydrogen) atoms. The van der Waals surface area contributed by atoms with Gasteiger partial charge in [0.2, 0.25) is 0 Å². The van der Waals surface area contributed by atoms with Gasteiger partial charge in [-0.25, -0.2) is 0 Å². The fraction of sp³-hybridized carbons (Fsp3) is 0.875. The summed E-state index contributed by atoms with van der Waals surface area (Å²) < 4.78 is 5.10. The van der Waals surface area contributed by atoms with E-state index in [-0.39, 0.29) is 0 Å². The molecule has 2 heteroatoms. The van der Waals surface area contributed by atoms with Gasteiger partial charge in [0.15, 0.2) is 0 Å². The van der Waals surface area contributed by atoms with Crippen LogP contribution in [-0.4, -0.2) is 19.0 Å². The summed E-state index contributed by atoms with van der Waals surface area (Å²) in [5, 5.41) is 0. The minimum absolute atomic E-state index is 0.328. The normalized spacial score (nSPS) is 33.5. The van der Waals surface area contributed by atoms with E-state index in [2.05, 4.69) is 0 Å². The minimum atomic E-state index is 0.328. The van der Waals surface area contributed by atoms with Crippen molar-refractivity contribution >= 4 is 5.78 Å².